The second-order valence-corrected chi connectivity index (χ2v) is 7.50. The Kier molecular flexibility index (Phi) is 4.39. The Morgan fingerprint density at radius 2 is 2.00 bits per heavy atom. The van der Waals surface area contributed by atoms with Gasteiger partial charge in [0.1, 0.15) is 10.4 Å². The fourth-order valence-electron chi connectivity index (χ4n) is 2.43. The van der Waals surface area contributed by atoms with Gasteiger partial charge in [0.2, 0.25) is 0 Å². The van der Waals surface area contributed by atoms with Gasteiger partial charge in [0.05, 0.1) is 10.0 Å². The number of nitrogens with two attached hydrogens (primary N) is 1. The fourth-order valence-corrected chi connectivity index (χ4v) is 4.57. The zero-order valence-electron chi connectivity index (χ0n) is 12.2. The van der Waals surface area contributed by atoms with Crippen LogP contribution in [0.25, 0.3) is 11.2 Å². The molecule has 0 spiro atoms. The molecule has 0 amide bonds. The van der Waals surface area contributed by atoms with Crippen LogP contribution in [0, 0.1) is 0 Å². The Morgan fingerprint density at radius 1 is 1.25 bits per heavy atom. The molecule has 0 aliphatic rings. The molecule has 3 aromatic rings. The number of halogens is 2. The van der Waals surface area contributed by atoms with E-state index in [-0.39, 0.29) is 32.6 Å². The number of hydrogen-bond donors (Lipinski definition) is 2. The third-order valence-corrected chi connectivity index (χ3v) is 6.12. The monoisotopic (exact) mass is 386 g/mol. The van der Waals surface area contributed by atoms with E-state index in [1.165, 1.54) is 24.4 Å². The quantitative estimate of drug-likeness (QED) is 0.709. The molecule has 2 heterocycles. The molecule has 0 bridgehead atoms. The van der Waals surface area contributed by atoms with Crippen molar-refractivity contribution >= 4 is 44.4 Å². The summed E-state index contributed by atoms with van der Waals surface area (Å²) in [6, 6.07) is 5.81. The maximum absolute atomic E-state index is 13.0. The third kappa shape index (κ3) is 2.61. The molecular weight excluding hydrogens is 375 g/mol. The summed E-state index contributed by atoms with van der Waals surface area (Å²) in [5.41, 5.74) is 5.63. The molecule has 0 saturated carbocycles. The first-order chi connectivity index (χ1) is 11.4. The molecule has 3 rings (SSSR count). The SMILES string of the molecule is NCCc1ccnc2[nH]c(=O)n(S(=O)(=O)c3cccc(Cl)c3Cl)c12. The van der Waals surface area contributed by atoms with Crippen LogP contribution in [0.4, 0.5) is 0 Å². The molecule has 0 atom stereocenters. The Hall–Kier alpha value is -1.87. The maximum Gasteiger partial charge on any atom is 0.341 e. The van der Waals surface area contributed by atoms with Gasteiger partial charge in [-0.1, -0.05) is 29.3 Å². The van der Waals surface area contributed by atoms with Crippen molar-refractivity contribution in [3.05, 3.63) is 56.6 Å². The summed E-state index contributed by atoms with van der Waals surface area (Å²) in [6.45, 7) is 0.288. The maximum atomic E-state index is 13.0. The van der Waals surface area contributed by atoms with Gasteiger partial charge < -0.3 is 5.73 Å². The fraction of sp³-hybridized carbons (Fsp3) is 0.143. The summed E-state index contributed by atoms with van der Waals surface area (Å²) in [5.74, 6) is 0. The van der Waals surface area contributed by atoms with Crippen molar-refractivity contribution in [3.8, 4) is 0 Å². The van der Waals surface area contributed by atoms with Gasteiger partial charge in [0, 0.05) is 6.20 Å². The van der Waals surface area contributed by atoms with Crippen LogP contribution in [-0.4, -0.2) is 28.9 Å². The van der Waals surface area contributed by atoms with Crippen LogP contribution >= 0.6 is 23.2 Å². The molecular formula is C14H12Cl2N4O3S. The highest BCUT2D eigenvalue weighted by Gasteiger charge is 2.27. The molecule has 24 heavy (non-hydrogen) atoms. The van der Waals surface area contributed by atoms with Crippen LogP contribution in [0.5, 0.6) is 0 Å². The number of aromatic amines is 1. The zero-order chi connectivity index (χ0) is 17.5. The third-order valence-electron chi connectivity index (χ3n) is 3.47. The van der Waals surface area contributed by atoms with Crippen molar-refractivity contribution in [2.75, 3.05) is 6.54 Å². The lowest BCUT2D eigenvalue weighted by Crippen LogP contribution is -2.26. The summed E-state index contributed by atoms with van der Waals surface area (Å²) in [4.78, 5) is 18.5. The van der Waals surface area contributed by atoms with E-state index in [1.807, 2.05) is 0 Å². The first-order valence-electron chi connectivity index (χ1n) is 6.86. The van der Waals surface area contributed by atoms with E-state index in [2.05, 4.69) is 9.97 Å². The lowest BCUT2D eigenvalue weighted by atomic mass is 10.2. The van der Waals surface area contributed by atoms with E-state index >= 15 is 0 Å². The first-order valence-corrected chi connectivity index (χ1v) is 9.05. The van der Waals surface area contributed by atoms with Crippen molar-refractivity contribution in [1.82, 2.24) is 13.9 Å². The minimum atomic E-state index is -4.27. The zero-order valence-corrected chi connectivity index (χ0v) is 14.5. The molecule has 0 fully saturated rings. The molecule has 1 aromatic carbocycles. The summed E-state index contributed by atoms with van der Waals surface area (Å²) >= 11 is 11.9. The molecule has 10 heteroatoms. The van der Waals surface area contributed by atoms with Crippen LogP contribution < -0.4 is 11.4 Å². The Bertz CT molecular complexity index is 1090. The van der Waals surface area contributed by atoms with Gasteiger partial charge in [-0.3, -0.25) is 4.98 Å². The normalized spacial score (nSPS) is 12.0. The van der Waals surface area contributed by atoms with Crippen molar-refractivity contribution in [2.24, 2.45) is 5.73 Å². The highest BCUT2D eigenvalue weighted by molar-refractivity contribution is 7.90. The predicted molar refractivity (Wildman–Crippen MR) is 92.2 cm³/mol. The predicted octanol–water partition coefficient (Wildman–Crippen LogP) is 1.77. The van der Waals surface area contributed by atoms with Gasteiger partial charge in [-0.05, 0) is 36.7 Å². The topological polar surface area (TPSA) is 111 Å². The number of fused-ring (bicyclic) bond motifs is 1. The van der Waals surface area contributed by atoms with Gasteiger partial charge in [-0.25, -0.2) is 18.2 Å². The van der Waals surface area contributed by atoms with Crippen LogP contribution in [-0.2, 0) is 16.4 Å². The first kappa shape index (κ1) is 17.0. The molecule has 0 saturated heterocycles. The number of H-pyrrole nitrogens is 1. The summed E-state index contributed by atoms with van der Waals surface area (Å²) in [7, 11) is -4.27. The number of aromatic nitrogens is 3. The van der Waals surface area contributed by atoms with E-state index in [9.17, 15) is 13.2 Å². The summed E-state index contributed by atoms with van der Waals surface area (Å²) in [6.07, 6.45) is 1.86. The minimum Gasteiger partial charge on any atom is -0.330 e. The number of pyridine rings is 1. The van der Waals surface area contributed by atoms with Crippen molar-refractivity contribution in [3.63, 3.8) is 0 Å². The van der Waals surface area contributed by atoms with Crippen LogP contribution in [0.3, 0.4) is 0 Å². The van der Waals surface area contributed by atoms with E-state index in [4.69, 9.17) is 28.9 Å². The number of benzene rings is 1. The van der Waals surface area contributed by atoms with E-state index in [0.29, 0.717) is 16.0 Å². The van der Waals surface area contributed by atoms with E-state index in [1.54, 1.807) is 6.07 Å². The van der Waals surface area contributed by atoms with Crippen LogP contribution in [0.1, 0.15) is 5.56 Å². The second-order valence-electron chi connectivity index (χ2n) is 4.96. The van der Waals surface area contributed by atoms with E-state index in [0.717, 1.165) is 0 Å². The minimum absolute atomic E-state index is 0.0749. The lowest BCUT2D eigenvalue weighted by Gasteiger charge is -2.10. The average Bonchev–Trinajstić information content (AvgIpc) is 2.87. The van der Waals surface area contributed by atoms with Gasteiger partial charge >= 0.3 is 5.69 Å². The highest BCUT2D eigenvalue weighted by atomic mass is 35.5. The molecule has 3 N–H and O–H groups in total. The van der Waals surface area contributed by atoms with Gasteiger partial charge in [0.25, 0.3) is 10.0 Å². The van der Waals surface area contributed by atoms with Gasteiger partial charge in [-0.2, -0.15) is 3.97 Å². The van der Waals surface area contributed by atoms with Crippen molar-refractivity contribution in [1.29, 1.82) is 0 Å². The lowest BCUT2D eigenvalue weighted by molar-refractivity contribution is 0.587. The molecule has 0 aliphatic carbocycles. The molecule has 2 aromatic heterocycles. The number of imidazole rings is 1. The van der Waals surface area contributed by atoms with Crippen molar-refractivity contribution < 1.29 is 8.42 Å². The van der Waals surface area contributed by atoms with Gasteiger partial charge in [-0.15, -0.1) is 0 Å². The molecule has 126 valence electrons. The number of rotatable bonds is 4. The molecule has 0 unspecified atom stereocenters. The summed E-state index contributed by atoms with van der Waals surface area (Å²) < 4.78 is 26.7. The van der Waals surface area contributed by atoms with E-state index < -0.39 is 15.7 Å². The Labute approximate surface area is 147 Å². The smallest absolute Gasteiger partial charge is 0.330 e. The Balaban J connectivity index is 2.39. The van der Waals surface area contributed by atoms with Crippen LogP contribution in [0.15, 0.2) is 40.2 Å². The Morgan fingerprint density at radius 3 is 2.71 bits per heavy atom. The van der Waals surface area contributed by atoms with Crippen molar-refractivity contribution in [2.45, 2.75) is 11.3 Å². The molecule has 0 aliphatic heterocycles. The second kappa shape index (κ2) is 6.21. The number of nitrogens with zero attached hydrogens (tertiary/aromatic N) is 2. The largest absolute Gasteiger partial charge is 0.341 e. The molecule has 7 nitrogen and oxygen atoms in total. The molecule has 0 radical (unpaired) electrons. The van der Waals surface area contributed by atoms with Crippen LogP contribution in [0.2, 0.25) is 10.0 Å². The van der Waals surface area contributed by atoms with Gasteiger partial charge in [0.15, 0.2) is 5.65 Å². The standard InChI is InChI=1S/C14H12Cl2N4O3S/c15-9-2-1-3-10(11(9)16)24(22,23)20-12-8(4-6-17)5-7-18-13(12)19-14(20)21/h1-3,5,7H,4,6,17H2,(H,18,19,21). The number of hydrogen-bond acceptors (Lipinski definition) is 5. The number of nitrogens with one attached hydrogen (secondary N) is 1. The highest BCUT2D eigenvalue weighted by Crippen LogP contribution is 2.31. The average molecular weight is 387 g/mol. The summed E-state index contributed by atoms with van der Waals surface area (Å²) in [5, 5.41) is -0.0735.